The van der Waals surface area contributed by atoms with E-state index in [0.717, 1.165) is 5.92 Å². The second-order valence-electron chi connectivity index (χ2n) is 3.24. The predicted octanol–water partition coefficient (Wildman–Crippen LogP) is 0.739. The first kappa shape index (κ1) is 16.2. The number of hydrogen-bond donors (Lipinski definition) is 0. The minimum Gasteiger partial charge on any atom is -0.358 e. The van der Waals surface area contributed by atoms with Crippen molar-refractivity contribution in [2.24, 2.45) is 5.92 Å². The van der Waals surface area contributed by atoms with E-state index in [-0.39, 0.29) is 58.8 Å². The minimum atomic E-state index is 0. The Morgan fingerprint density at radius 1 is 1.15 bits per heavy atom. The van der Waals surface area contributed by atoms with Gasteiger partial charge in [0.05, 0.1) is 0 Å². The van der Waals surface area contributed by atoms with E-state index >= 15 is 0 Å². The Hall–Kier alpha value is 0.726. The molecule has 0 N–H and O–H groups in total. The van der Waals surface area contributed by atoms with Crippen LogP contribution in [0.25, 0.3) is 0 Å². The molecule has 0 aromatic heterocycles. The van der Waals surface area contributed by atoms with Crippen molar-refractivity contribution in [3.8, 4) is 0 Å². The first-order chi connectivity index (χ1) is 5.29. The van der Waals surface area contributed by atoms with Crippen molar-refractivity contribution < 1.29 is 51.4 Å². The zero-order chi connectivity index (χ0) is 8.10. The van der Waals surface area contributed by atoms with Gasteiger partial charge in [0, 0.05) is 0 Å². The first-order valence-electron chi connectivity index (χ1n) is 4.17. The van der Waals surface area contributed by atoms with Crippen LogP contribution < -0.4 is 51.4 Å². The van der Waals surface area contributed by atoms with E-state index in [1.54, 1.807) is 0 Å². The van der Waals surface area contributed by atoms with Gasteiger partial charge in [-0.3, -0.25) is 0 Å². The van der Waals surface area contributed by atoms with Crippen LogP contribution in [0.3, 0.4) is 0 Å². The maximum absolute atomic E-state index is 2.28. The summed E-state index contributed by atoms with van der Waals surface area (Å²) in [6, 6.07) is 10.5. The number of rotatable bonds is 3. The minimum absolute atomic E-state index is 0. The van der Waals surface area contributed by atoms with Gasteiger partial charge in [0.25, 0.3) is 0 Å². The molecule has 0 bridgehead atoms. The molecular weight excluding hydrogens is 183 g/mol. The van der Waals surface area contributed by atoms with Gasteiger partial charge < -0.3 is 7.43 Å². The zero-order valence-electron chi connectivity index (χ0n) is 9.25. The molecule has 0 amide bonds. The fourth-order valence-corrected chi connectivity index (χ4v) is 0.961. The summed E-state index contributed by atoms with van der Waals surface area (Å²) in [4.78, 5) is 0. The van der Waals surface area contributed by atoms with Gasteiger partial charge in [0.15, 0.2) is 0 Å². The van der Waals surface area contributed by atoms with Crippen LogP contribution in [0.5, 0.6) is 0 Å². The van der Waals surface area contributed by atoms with E-state index in [4.69, 9.17) is 0 Å². The third-order valence-electron chi connectivity index (χ3n) is 1.62. The molecule has 1 heteroatoms. The summed E-state index contributed by atoms with van der Waals surface area (Å²) in [7, 11) is 0. The maximum Gasteiger partial charge on any atom is 1.00 e. The molecule has 0 aliphatic carbocycles. The molecule has 1 rings (SSSR count). The summed E-state index contributed by atoms with van der Waals surface area (Å²) in [5.74, 6) is 0.759. The fraction of sp³-hybridized carbons (Fsp3) is 0.333. The summed E-state index contributed by atoms with van der Waals surface area (Å²) in [6.45, 7) is 4.47. The molecule has 0 saturated carbocycles. The van der Waals surface area contributed by atoms with Gasteiger partial charge in [0.1, 0.15) is 0 Å². The van der Waals surface area contributed by atoms with Crippen molar-refractivity contribution >= 4 is 0 Å². The molecule has 0 fully saturated rings. The second-order valence-corrected chi connectivity index (χ2v) is 3.24. The van der Waals surface area contributed by atoms with Crippen LogP contribution >= 0.6 is 0 Å². The van der Waals surface area contributed by atoms with Crippen LogP contribution in [0, 0.1) is 19.8 Å². The zero-order valence-corrected chi connectivity index (χ0v) is 12.4. The molecule has 13 heavy (non-hydrogen) atoms. The van der Waals surface area contributed by atoms with Crippen LogP contribution in [0.2, 0.25) is 0 Å². The summed E-state index contributed by atoms with van der Waals surface area (Å²) >= 11 is 0. The van der Waals surface area contributed by atoms with E-state index in [2.05, 4.69) is 44.5 Å². The molecule has 0 unspecified atom stereocenters. The standard InChI is InChI=1S/C11H15.CH3.K/c1-10(2)8-9-11-6-4-3-5-7-11;;/h3-7,9-10H,8H2,1-2H3;1H3;/q2*-1;+1. The molecule has 0 heterocycles. The molecule has 0 aliphatic heterocycles. The second kappa shape index (κ2) is 9.29. The van der Waals surface area contributed by atoms with E-state index in [0.29, 0.717) is 0 Å². The monoisotopic (exact) mass is 201 g/mol. The molecule has 0 spiro atoms. The van der Waals surface area contributed by atoms with E-state index in [9.17, 15) is 0 Å². The van der Waals surface area contributed by atoms with E-state index in [1.165, 1.54) is 12.0 Å². The fourth-order valence-electron chi connectivity index (χ4n) is 0.961. The van der Waals surface area contributed by atoms with Crippen molar-refractivity contribution in [1.29, 1.82) is 0 Å². The topological polar surface area (TPSA) is 0 Å². The van der Waals surface area contributed by atoms with Crippen molar-refractivity contribution in [3.63, 3.8) is 0 Å². The third kappa shape index (κ3) is 7.77. The molecule has 1 aromatic carbocycles. The van der Waals surface area contributed by atoms with Crippen LogP contribution in [0.15, 0.2) is 30.3 Å². The van der Waals surface area contributed by atoms with Gasteiger partial charge in [-0.15, -0.1) is 12.1 Å². The third-order valence-corrected chi connectivity index (χ3v) is 1.62. The molecule has 0 saturated heterocycles. The summed E-state index contributed by atoms with van der Waals surface area (Å²) in [5.41, 5.74) is 1.33. The van der Waals surface area contributed by atoms with Crippen LogP contribution in [0.1, 0.15) is 25.8 Å². The first-order valence-corrected chi connectivity index (χ1v) is 4.17. The molecule has 1 aromatic rings. The van der Waals surface area contributed by atoms with Gasteiger partial charge in [0.2, 0.25) is 0 Å². The quantitative estimate of drug-likeness (QED) is 0.500. The average Bonchev–Trinajstić information content (AvgIpc) is 2.03. The Bertz CT molecular complexity index is 192. The van der Waals surface area contributed by atoms with Gasteiger partial charge in [-0.05, 0) is 0 Å². The van der Waals surface area contributed by atoms with E-state index in [1.807, 2.05) is 6.07 Å². The summed E-state index contributed by atoms with van der Waals surface area (Å²) in [5, 5.41) is 0. The number of benzene rings is 1. The predicted molar refractivity (Wildman–Crippen MR) is 55.7 cm³/mol. The molecule has 0 radical (unpaired) electrons. The van der Waals surface area contributed by atoms with Gasteiger partial charge in [-0.25, -0.2) is 0 Å². The van der Waals surface area contributed by atoms with Gasteiger partial charge >= 0.3 is 51.4 Å². The smallest absolute Gasteiger partial charge is 0.358 e. The van der Waals surface area contributed by atoms with Crippen LogP contribution in [0.4, 0.5) is 0 Å². The largest absolute Gasteiger partial charge is 1.00 e. The van der Waals surface area contributed by atoms with Crippen molar-refractivity contribution in [2.45, 2.75) is 20.3 Å². The molecule has 68 valence electrons. The molecule has 0 aliphatic rings. The number of hydrogen-bond acceptors (Lipinski definition) is 0. The Morgan fingerprint density at radius 2 is 1.69 bits per heavy atom. The Kier molecular flexibility index (Phi) is 11.6. The Morgan fingerprint density at radius 3 is 2.15 bits per heavy atom. The molecule has 0 atom stereocenters. The molecule has 0 nitrogen and oxygen atoms in total. The van der Waals surface area contributed by atoms with Crippen LogP contribution in [-0.2, 0) is 0 Å². The average molecular weight is 201 g/mol. The molecular formula is C12H18K-. The van der Waals surface area contributed by atoms with Crippen molar-refractivity contribution in [1.82, 2.24) is 0 Å². The van der Waals surface area contributed by atoms with Gasteiger partial charge in [-0.2, -0.15) is 24.1 Å². The Labute approximate surface area is 126 Å². The summed E-state index contributed by atoms with van der Waals surface area (Å²) < 4.78 is 0. The van der Waals surface area contributed by atoms with Crippen LogP contribution in [-0.4, -0.2) is 0 Å². The van der Waals surface area contributed by atoms with Crippen molar-refractivity contribution in [2.75, 3.05) is 0 Å². The van der Waals surface area contributed by atoms with Crippen molar-refractivity contribution in [3.05, 3.63) is 49.7 Å². The Balaban J connectivity index is 0. The SMILES string of the molecule is CC(C)C[CH-]c1ccccc1.[CH3-].[K+]. The van der Waals surface area contributed by atoms with E-state index < -0.39 is 0 Å². The maximum atomic E-state index is 2.28. The summed E-state index contributed by atoms with van der Waals surface area (Å²) in [6.07, 6.45) is 3.45. The normalized spacial score (nSPS) is 8.54. The van der Waals surface area contributed by atoms with Gasteiger partial charge in [-0.1, -0.05) is 32.3 Å².